The van der Waals surface area contributed by atoms with E-state index < -0.39 is 23.7 Å². The SMILES string of the molecule is CC(C)[C@@H](C)C[C@H](NC(=O)OC(C)(C)C)C(=O)O. The van der Waals surface area contributed by atoms with E-state index in [1.807, 2.05) is 20.8 Å². The molecule has 18 heavy (non-hydrogen) atoms. The Balaban J connectivity index is 4.46. The molecule has 0 heterocycles. The van der Waals surface area contributed by atoms with Gasteiger partial charge < -0.3 is 15.2 Å². The highest BCUT2D eigenvalue weighted by atomic mass is 16.6. The van der Waals surface area contributed by atoms with Gasteiger partial charge in [0.2, 0.25) is 0 Å². The molecule has 0 aliphatic rings. The van der Waals surface area contributed by atoms with E-state index in [0.29, 0.717) is 12.3 Å². The third kappa shape index (κ3) is 7.14. The van der Waals surface area contributed by atoms with Crippen LogP contribution in [0.5, 0.6) is 0 Å². The lowest BCUT2D eigenvalue weighted by atomic mass is 9.91. The summed E-state index contributed by atoms with van der Waals surface area (Å²) < 4.78 is 5.05. The number of hydrogen-bond donors (Lipinski definition) is 2. The molecule has 1 amide bonds. The van der Waals surface area contributed by atoms with Crippen molar-refractivity contribution in [1.82, 2.24) is 5.32 Å². The largest absolute Gasteiger partial charge is 0.480 e. The quantitative estimate of drug-likeness (QED) is 0.795. The monoisotopic (exact) mass is 259 g/mol. The molecule has 0 aromatic rings. The van der Waals surface area contributed by atoms with Crippen LogP contribution >= 0.6 is 0 Å². The number of hydrogen-bond acceptors (Lipinski definition) is 3. The van der Waals surface area contributed by atoms with Gasteiger partial charge in [-0.2, -0.15) is 0 Å². The molecule has 0 radical (unpaired) electrons. The minimum Gasteiger partial charge on any atom is -0.480 e. The normalized spacial score (nSPS) is 15.1. The van der Waals surface area contributed by atoms with Gasteiger partial charge in [0, 0.05) is 0 Å². The van der Waals surface area contributed by atoms with Gasteiger partial charge in [-0.1, -0.05) is 20.8 Å². The summed E-state index contributed by atoms with van der Waals surface area (Å²) in [5, 5.41) is 11.5. The zero-order chi connectivity index (χ0) is 14.5. The molecule has 0 spiro atoms. The summed E-state index contributed by atoms with van der Waals surface area (Å²) in [4.78, 5) is 22.6. The molecule has 2 atom stereocenters. The summed E-state index contributed by atoms with van der Waals surface area (Å²) >= 11 is 0. The number of carbonyl (C=O) groups is 2. The Hall–Kier alpha value is -1.26. The van der Waals surface area contributed by atoms with Crippen LogP contribution in [0, 0.1) is 11.8 Å². The maximum Gasteiger partial charge on any atom is 0.408 e. The van der Waals surface area contributed by atoms with E-state index in [0.717, 1.165) is 0 Å². The number of alkyl carbamates (subject to hydrolysis) is 1. The van der Waals surface area contributed by atoms with Crippen molar-refractivity contribution in [3.63, 3.8) is 0 Å². The van der Waals surface area contributed by atoms with Crippen LogP contribution in [0.4, 0.5) is 4.79 Å². The number of carbonyl (C=O) groups excluding carboxylic acids is 1. The van der Waals surface area contributed by atoms with E-state index in [4.69, 9.17) is 9.84 Å². The van der Waals surface area contributed by atoms with Gasteiger partial charge in [-0.3, -0.25) is 0 Å². The van der Waals surface area contributed by atoms with Crippen molar-refractivity contribution >= 4 is 12.1 Å². The summed E-state index contributed by atoms with van der Waals surface area (Å²) in [6, 6.07) is -0.905. The summed E-state index contributed by atoms with van der Waals surface area (Å²) in [6.07, 6.45) is -0.294. The lowest BCUT2D eigenvalue weighted by Gasteiger charge is -2.24. The van der Waals surface area contributed by atoms with Crippen LogP contribution in [0.15, 0.2) is 0 Å². The minimum absolute atomic E-state index is 0.209. The second-order valence-corrected chi connectivity index (χ2v) is 5.99. The first-order chi connectivity index (χ1) is 8.03. The predicted molar refractivity (Wildman–Crippen MR) is 69.4 cm³/mol. The van der Waals surface area contributed by atoms with Crippen LogP contribution in [-0.2, 0) is 9.53 Å². The minimum atomic E-state index is -1.03. The molecule has 106 valence electrons. The number of nitrogens with one attached hydrogen (secondary N) is 1. The highest BCUT2D eigenvalue weighted by Crippen LogP contribution is 2.16. The van der Waals surface area contributed by atoms with Crippen LogP contribution in [-0.4, -0.2) is 28.8 Å². The molecule has 0 fully saturated rings. The molecule has 0 aromatic carbocycles. The third-order valence-electron chi connectivity index (χ3n) is 2.73. The van der Waals surface area contributed by atoms with Gasteiger partial charge in [-0.05, 0) is 39.0 Å². The zero-order valence-corrected chi connectivity index (χ0v) is 12.1. The Kier molecular flexibility index (Phi) is 6.15. The Bertz CT molecular complexity index is 294. The molecule has 0 saturated carbocycles. The molecule has 0 bridgehead atoms. The number of carboxylic acid groups (broad SMARTS) is 1. The molecule has 0 aromatic heterocycles. The van der Waals surface area contributed by atoms with Gasteiger partial charge >= 0.3 is 12.1 Å². The van der Waals surface area contributed by atoms with Gasteiger partial charge in [0.25, 0.3) is 0 Å². The number of amides is 1. The first-order valence-electron chi connectivity index (χ1n) is 6.25. The van der Waals surface area contributed by atoms with Crippen LogP contribution in [0.3, 0.4) is 0 Å². The number of carboxylic acids is 1. The van der Waals surface area contributed by atoms with Crippen LogP contribution < -0.4 is 5.32 Å². The van der Waals surface area contributed by atoms with Gasteiger partial charge in [0.1, 0.15) is 11.6 Å². The zero-order valence-electron chi connectivity index (χ0n) is 12.1. The fourth-order valence-corrected chi connectivity index (χ4v) is 1.32. The molecular weight excluding hydrogens is 234 g/mol. The van der Waals surface area contributed by atoms with E-state index in [1.165, 1.54) is 0 Å². The van der Waals surface area contributed by atoms with Crippen molar-refractivity contribution in [2.75, 3.05) is 0 Å². The lowest BCUT2D eigenvalue weighted by Crippen LogP contribution is -2.44. The maximum atomic E-state index is 11.5. The van der Waals surface area contributed by atoms with Crippen molar-refractivity contribution in [3.05, 3.63) is 0 Å². The van der Waals surface area contributed by atoms with Crippen molar-refractivity contribution in [2.24, 2.45) is 11.8 Å². The second kappa shape index (κ2) is 6.61. The number of aliphatic carboxylic acids is 1. The van der Waals surface area contributed by atoms with Crippen LogP contribution in [0.1, 0.15) is 48.0 Å². The van der Waals surface area contributed by atoms with Crippen molar-refractivity contribution in [3.8, 4) is 0 Å². The Morgan fingerprint density at radius 3 is 2.06 bits per heavy atom. The fourth-order valence-electron chi connectivity index (χ4n) is 1.32. The molecule has 0 aliphatic carbocycles. The fraction of sp³-hybridized carbons (Fsp3) is 0.846. The molecule has 5 heteroatoms. The Morgan fingerprint density at radius 1 is 1.22 bits per heavy atom. The van der Waals surface area contributed by atoms with E-state index in [1.54, 1.807) is 20.8 Å². The highest BCUT2D eigenvalue weighted by Gasteiger charge is 2.26. The first kappa shape index (κ1) is 16.7. The summed E-state index contributed by atoms with van der Waals surface area (Å²) in [7, 11) is 0. The summed E-state index contributed by atoms with van der Waals surface area (Å²) in [5.74, 6) is -0.457. The van der Waals surface area contributed by atoms with Crippen molar-refractivity contribution < 1.29 is 19.4 Å². The molecule has 2 N–H and O–H groups in total. The van der Waals surface area contributed by atoms with Gasteiger partial charge in [0.05, 0.1) is 0 Å². The van der Waals surface area contributed by atoms with E-state index in [9.17, 15) is 9.59 Å². The van der Waals surface area contributed by atoms with Gasteiger partial charge in [0.15, 0.2) is 0 Å². The summed E-state index contributed by atoms with van der Waals surface area (Å²) in [6.45, 7) is 11.2. The van der Waals surface area contributed by atoms with E-state index in [2.05, 4.69) is 5.32 Å². The molecule has 0 unspecified atom stereocenters. The van der Waals surface area contributed by atoms with Gasteiger partial charge in [-0.25, -0.2) is 9.59 Å². The Labute approximate surface area is 109 Å². The topological polar surface area (TPSA) is 75.6 Å². The van der Waals surface area contributed by atoms with Gasteiger partial charge in [-0.15, -0.1) is 0 Å². The van der Waals surface area contributed by atoms with Crippen molar-refractivity contribution in [1.29, 1.82) is 0 Å². The van der Waals surface area contributed by atoms with E-state index >= 15 is 0 Å². The molecular formula is C13H25NO4. The van der Waals surface area contributed by atoms with Crippen molar-refractivity contribution in [2.45, 2.75) is 59.6 Å². The average molecular weight is 259 g/mol. The van der Waals surface area contributed by atoms with Crippen LogP contribution in [0.2, 0.25) is 0 Å². The second-order valence-electron chi connectivity index (χ2n) is 5.99. The lowest BCUT2D eigenvalue weighted by molar-refractivity contribution is -0.140. The van der Waals surface area contributed by atoms with Crippen LogP contribution in [0.25, 0.3) is 0 Å². The average Bonchev–Trinajstić information content (AvgIpc) is 2.12. The summed E-state index contributed by atoms with van der Waals surface area (Å²) in [5.41, 5.74) is -0.628. The number of rotatable bonds is 5. The standard InChI is InChI=1S/C13H25NO4/c1-8(2)9(3)7-10(11(15)16)14-12(17)18-13(4,5)6/h8-10H,7H2,1-6H3,(H,14,17)(H,15,16)/t9-,10-/m0/s1. The highest BCUT2D eigenvalue weighted by molar-refractivity contribution is 5.79. The third-order valence-corrected chi connectivity index (χ3v) is 2.73. The molecule has 0 aliphatic heterocycles. The first-order valence-corrected chi connectivity index (χ1v) is 6.25. The Morgan fingerprint density at radius 2 is 1.72 bits per heavy atom. The predicted octanol–water partition coefficient (Wildman–Crippen LogP) is 2.65. The molecule has 0 rings (SSSR count). The molecule has 5 nitrogen and oxygen atoms in total. The smallest absolute Gasteiger partial charge is 0.408 e. The van der Waals surface area contributed by atoms with E-state index in [-0.39, 0.29) is 5.92 Å². The maximum absolute atomic E-state index is 11.5. The number of ether oxygens (including phenoxy) is 1. The molecule has 0 saturated heterocycles.